The number of aryl methyl sites for hydroxylation is 2. The van der Waals surface area contributed by atoms with Crippen LogP contribution in [0.25, 0.3) is 11.0 Å². The molecule has 1 N–H and O–H groups in total. The number of aromatic amines is 1. The summed E-state index contributed by atoms with van der Waals surface area (Å²) in [5.74, 6) is 1.58. The first-order valence-corrected chi connectivity index (χ1v) is 8.49. The quantitative estimate of drug-likeness (QED) is 0.787. The third kappa shape index (κ3) is 2.50. The normalized spacial score (nSPS) is 16.0. The van der Waals surface area contributed by atoms with E-state index in [-0.39, 0.29) is 5.91 Å². The van der Waals surface area contributed by atoms with Crippen molar-refractivity contribution in [3.05, 3.63) is 53.6 Å². The number of benzene rings is 1. The molecule has 5 heteroatoms. The minimum Gasteiger partial charge on any atom is -0.347 e. The predicted molar refractivity (Wildman–Crippen MR) is 94.1 cm³/mol. The van der Waals surface area contributed by atoms with Crippen LogP contribution in [0.15, 0.2) is 36.5 Å². The molecule has 3 aromatic rings. The van der Waals surface area contributed by atoms with Crippen molar-refractivity contribution in [3.63, 3.8) is 0 Å². The van der Waals surface area contributed by atoms with Crippen LogP contribution in [0.2, 0.25) is 0 Å². The van der Waals surface area contributed by atoms with Gasteiger partial charge in [-0.15, -0.1) is 0 Å². The van der Waals surface area contributed by atoms with Crippen LogP contribution in [0, 0.1) is 6.92 Å². The van der Waals surface area contributed by atoms with Gasteiger partial charge in [0.05, 0.1) is 11.0 Å². The number of likely N-dealkylation sites (tertiary alicyclic amines) is 1. The lowest BCUT2D eigenvalue weighted by Gasteiger charge is -2.31. The van der Waals surface area contributed by atoms with Crippen molar-refractivity contribution in [2.75, 3.05) is 13.1 Å². The van der Waals surface area contributed by atoms with E-state index < -0.39 is 0 Å². The molecule has 0 aliphatic carbocycles. The summed E-state index contributed by atoms with van der Waals surface area (Å²) >= 11 is 0. The van der Waals surface area contributed by atoms with Gasteiger partial charge in [0.1, 0.15) is 11.5 Å². The van der Waals surface area contributed by atoms with Crippen molar-refractivity contribution < 1.29 is 4.79 Å². The van der Waals surface area contributed by atoms with Crippen molar-refractivity contribution >= 4 is 16.9 Å². The lowest BCUT2D eigenvalue weighted by atomic mass is 9.96. The van der Waals surface area contributed by atoms with Crippen LogP contribution >= 0.6 is 0 Å². The van der Waals surface area contributed by atoms with Gasteiger partial charge in [-0.25, -0.2) is 4.98 Å². The standard InChI is InChI=1S/C19H22N4O/c1-13-5-3-6-15-17(13)21-18(20-15)14-8-11-23(12-9-14)19(24)16-7-4-10-22(16)2/h3-7,10,14H,8-9,11-12H2,1-2H3,(H,20,21). The van der Waals surface area contributed by atoms with E-state index in [4.69, 9.17) is 4.98 Å². The van der Waals surface area contributed by atoms with Gasteiger partial charge in [-0.05, 0) is 43.5 Å². The number of carbonyl (C=O) groups is 1. The Bertz CT molecular complexity index is 884. The Labute approximate surface area is 141 Å². The number of imidazole rings is 1. The van der Waals surface area contributed by atoms with Gasteiger partial charge in [0.25, 0.3) is 5.91 Å². The highest BCUT2D eigenvalue weighted by atomic mass is 16.2. The second kappa shape index (κ2) is 5.82. The average Bonchev–Trinajstić information content (AvgIpc) is 3.21. The van der Waals surface area contributed by atoms with E-state index in [9.17, 15) is 4.79 Å². The first-order valence-electron chi connectivity index (χ1n) is 8.49. The zero-order valence-corrected chi connectivity index (χ0v) is 14.1. The van der Waals surface area contributed by atoms with Crippen molar-refractivity contribution in [1.82, 2.24) is 19.4 Å². The number of carbonyl (C=O) groups excluding carboxylic acids is 1. The van der Waals surface area contributed by atoms with Crippen LogP contribution < -0.4 is 0 Å². The first-order chi connectivity index (χ1) is 11.6. The fourth-order valence-corrected chi connectivity index (χ4v) is 3.59. The van der Waals surface area contributed by atoms with Crippen LogP contribution in [-0.4, -0.2) is 38.4 Å². The van der Waals surface area contributed by atoms with Gasteiger partial charge in [0, 0.05) is 32.3 Å². The van der Waals surface area contributed by atoms with E-state index in [1.165, 1.54) is 5.56 Å². The summed E-state index contributed by atoms with van der Waals surface area (Å²) in [7, 11) is 1.91. The minimum absolute atomic E-state index is 0.126. The van der Waals surface area contributed by atoms with Gasteiger partial charge in [-0.3, -0.25) is 4.79 Å². The molecule has 0 radical (unpaired) electrons. The topological polar surface area (TPSA) is 53.9 Å². The Balaban J connectivity index is 1.48. The maximum atomic E-state index is 12.6. The summed E-state index contributed by atoms with van der Waals surface area (Å²) < 4.78 is 1.89. The van der Waals surface area contributed by atoms with Crippen molar-refractivity contribution in [2.45, 2.75) is 25.7 Å². The molecule has 1 aliphatic rings. The Morgan fingerprint density at radius 3 is 2.67 bits per heavy atom. The molecule has 1 saturated heterocycles. The zero-order chi connectivity index (χ0) is 16.7. The Hall–Kier alpha value is -2.56. The fourth-order valence-electron chi connectivity index (χ4n) is 3.59. The number of rotatable bonds is 2. The summed E-state index contributed by atoms with van der Waals surface area (Å²) in [4.78, 5) is 22.8. The lowest BCUT2D eigenvalue weighted by molar-refractivity contribution is 0.0701. The van der Waals surface area contributed by atoms with Crippen LogP contribution in [0.5, 0.6) is 0 Å². The Kier molecular flexibility index (Phi) is 3.63. The summed E-state index contributed by atoms with van der Waals surface area (Å²) in [5, 5.41) is 0. The molecule has 0 saturated carbocycles. The number of fused-ring (bicyclic) bond motifs is 1. The summed E-state index contributed by atoms with van der Waals surface area (Å²) in [5.41, 5.74) is 4.13. The number of amides is 1. The molecule has 0 spiro atoms. The monoisotopic (exact) mass is 322 g/mol. The van der Waals surface area contributed by atoms with Gasteiger partial charge >= 0.3 is 0 Å². The van der Waals surface area contributed by atoms with Gasteiger partial charge in [0.15, 0.2) is 0 Å². The van der Waals surface area contributed by atoms with Crippen molar-refractivity contribution in [2.24, 2.45) is 7.05 Å². The van der Waals surface area contributed by atoms with E-state index >= 15 is 0 Å². The number of piperidine rings is 1. The fraction of sp³-hybridized carbons (Fsp3) is 0.368. The van der Waals surface area contributed by atoms with Crippen LogP contribution in [0.3, 0.4) is 0 Å². The van der Waals surface area contributed by atoms with Gasteiger partial charge < -0.3 is 14.5 Å². The predicted octanol–water partition coefficient (Wildman–Crippen LogP) is 3.23. The second-order valence-corrected chi connectivity index (χ2v) is 6.66. The van der Waals surface area contributed by atoms with Gasteiger partial charge in [-0.2, -0.15) is 0 Å². The summed E-state index contributed by atoms with van der Waals surface area (Å²) in [6.07, 6.45) is 3.82. The third-order valence-electron chi connectivity index (χ3n) is 5.06. The zero-order valence-electron chi connectivity index (χ0n) is 14.1. The highest BCUT2D eigenvalue weighted by Gasteiger charge is 2.27. The summed E-state index contributed by atoms with van der Waals surface area (Å²) in [6.45, 7) is 3.66. The molecule has 0 unspecified atom stereocenters. The second-order valence-electron chi connectivity index (χ2n) is 6.66. The number of nitrogens with zero attached hydrogens (tertiary/aromatic N) is 3. The van der Waals surface area contributed by atoms with Gasteiger partial charge in [0.2, 0.25) is 0 Å². The van der Waals surface area contributed by atoms with E-state index in [1.54, 1.807) is 0 Å². The van der Waals surface area contributed by atoms with E-state index in [0.717, 1.165) is 48.5 Å². The lowest BCUT2D eigenvalue weighted by Crippen LogP contribution is -2.38. The van der Waals surface area contributed by atoms with E-state index in [2.05, 4.69) is 30.1 Å². The molecular weight excluding hydrogens is 300 g/mol. The van der Waals surface area contributed by atoms with Crippen molar-refractivity contribution in [3.8, 4) is 0 Å². The van der Waals surface area contributed by atoms with Crippen molar-refractivity contribution in [1.29, 1.82) is 0 Å². The van der Waals surface area contributed by atoms with Crippen LogP contribution in [0.1, 0.15) is 40.6 Å². The van der Waals surface area contributed by atoms with E-state index in [1.807, 2.05) is 34.8 Å². The third-order valence-corrected chi connectivity index (χ3v) is 5.06. The number of hydrogen-bond acceptors (Lipinski definition) is 2. The molecule has 24 heavy (non-hydrogen) atoms. The molecule has 1 fully saturated rings. The number of aromatic nitrogens is 3. The molecule has 1 amide bonds. The van der Waals surface area contributed by atoms with Crippen LogP contribution in [-0.2, 0) is 7.05 Å². The van der Waals surface area contributed by atoms with Gasteiger partial charge in [-0.1, -0.05) is 12.1 Å². The van der Waals surface area contributed by atoms with E-state index in [0.29, 0.717) is 5.92 Å². The first kappa shape index (κ1) is 15.0. The Morgan fingerprint density at radius 1 is 1.21 bits per heavy atom. The number of H-pyrrole nitrogens is 1. The number of hydrogen-bond donors (Lipinski definition) is 1. The highest BCUT2D eigenvalue weighted by Crippen LogP contribution is 2.29. The SMILES string of the molecule is Cc1cccc2[nH]c(C3CCN(C(=O)c4cccn4C)CC3)nc12. The Morgan fingerprint density at radius 2 is 2.00 bits per heavy atom. The molecule has 0 atom stereocenters. The molecule has 4 rings (SSSR count). The molecule has 1 aliphatic heterocycles. The largest absolute Gasteiger partial charge is 0.347 e. The minimum atomic E-state index is 0.126. The maximum absolute atomic E-state index is 12.6. The van der Waals surface area contributed by atoms with Crippen LogP contribution in [0.4, 0.5) is 0 Å². The summed E-state index contributed by atoms with van der Waals surface area (Å²) in [6, 6.07) is 10.0. The molecule has 5 nitrogen and oxygen atoms in total. The molecule has 2 aromatic heterocycles. The molecule has 1 aromatic carbocycles. The average molecular weight is 322 g/mol. The molecular formula is C19H22N4O. The smallest absolute Gasteiger partial charge is 0.270 e. The maximum Gasteiger partial charge on any atom is 0.270 e. The number of nitrogens with one attached hydrogen (secondary N) is 1. The molecule has 124 valence electrons. The molecule has 0 bridgehead atoms. The highest BCUT2D eigenvalue weighted by molar-refractivity contribution is 5.92. The number of para-hydroxylation sites is 1. The molecule has 3 heterocycles.